The summed E-state index contributed by atoms with van der Waals surface area (Å²) in [6.07, 6.45) is 1.00. The molecule has 1 radical (unpaired) electrons. The molecular weight excluding hydrogens is 328 g/mol. The summed E-state index contributed by atoms with van der Waals surface area (Å²) in [6.45, 7) is 10.9. The van der Waals surface area contributed by atoms with E-state index in [1.54, 1.807) is 0 Å². The maximum atomic E-state index is 3.39. The van der Waals surface area contributed by atoms with Crippen LogP contribution in [0.25, 0.3) is 0 Å². The molecule has 0 N–H and O–H groups in total. The Morgan fingerprint density at radius 3 is 2.19 bits per heavy atom. The van der Waals surface area contributed by atoms with Gasteiger partial charge in [0.15, 0.2) is 0 Å². The molecule has 2 heteroatoms. The minimum Gasteiger partial charge on any atom is 0 e. The summed E-state index contributed by atoms with van der Waals surface area (Å²) in [5.74, 6) is 2.85. The van der Waals surface area contributed by atoms with Gasteiger partial charge in [-0.05, 0) is 0 Å². The van der Waals surface area contributed by atoms with Gasteiger partial charge in [-0.2, -0.15) is 0 Å². The Hall–Kier alpha value is -0.261. The average Bonchev–Trinajstić information content (AvgIpc) is 2.33. The Bertz CT molecular complexity index is 530. The second-order valence-electron chi connectivity index (χ2n) is 5.36. The molecule has 0 nitrogen and oxygen atoms in total. The minimum absolute atomic E-state index is 0. The molecule has 0 fully saturated rings. The van der Waals surface area contributed by atoms with Gasteiger partial charge >= 0.3 is 111 Å². The van der Waals surface area contributed by atoms with Gasteiger partial charge in [-0.3, -0.25) is 0 Å². The van der Waals surface area contributed by atoms with Crippen LogP contribution in [0, 0.1) is 19.9 Å². The Kier molecular flexibility index (Phi) is 11.5. The molecule has 0 saturated heterocycles. The number of rotatable bonds is 3. The van der Waals surface area contributed by atoms with Crippen LogP contribution in [0.1, 0.15) is 62.3 Å². The summed E-state index contributed by atoms with van der Waals surface area (Å²) in [5, 5.41) is 0. The molecule has 0 spiro atoms. The molecule has 21 heavy (non-hydrogen) atoms. The van der Waals surface area contributed by atoms with E-state index < -0.39 is 0 Å². The zero-order valence-corrected chi connectivity index (χ0v) is 15.2. The van der Waals surface area contributed by atoms with Crippen LogP contribution in [-0.4, -0.2) is 6.91 Å². The molecule has 0 atom stereocenters. The number of hydrogen-bond donors (Lipinski definition) is 0. The summed E-state index contributed by atoms with van der Waals surface area (Å²) >= 11 is 0. The van der Waals surface area contributed by atoms with Crippen molar-refractivity contribution in [2.24, 2.45) is 0 Å². The molecule has 0 unspecified atom stereocenters. The van der Waals surface area contributed by atoms with Crippen molar-refractivity contribution in [3.63, 3.8) is 0 Å². The van der Waals surface area contributed by atoms with Gasteiger partial charge in [0.2, 0.25) is 0 Å². The molecule has 0 amide bonds. The summed E-state index contributed by atoms with van der Waals surface area (Å²) in [7, 11) is 0. The van der Waals surface area contributed by atoms with Crippen LogP contribution in [0.3, 0.4) is 0 Å². The monoisotopic (exact) mass is 356 g/mol. The van der Waals surface area contributed by atoms with Crippen molar-refractivity contribution < 1.29 is 32.7 Å². The van der Waals surface area contributed by atoms with Crippen molar-refractivity contribution >= 4 is 6.91 Å². The van der Waals surface area contributed by atoms with Gasteiger partial charge in [0.25, 0.3) is 0 Å². The smallest absolute Gasteiger partial charge is 0 e. The average molecular weight is 356 g/mol. The Balaban J connectivity index is 0. The van der Waals surface area contributed by atoms with E-state index >= 15 is 0 Å². The predicted molar refractivity (Wildman–Crippen MR) is 92.9 cm³/mol. The minimum atomic E-state index is 0. The number of hydrogen-bond acceptors (Lipinski definition) is 0. The molecule has 0 bridgehead atoms. The van der Waals surface area contributed by atoms with Gasteiger partial charge in [0, 0.05) is 32.7 Å². The SMILES string of the molecule is C.C.Cc1[c-]c(C)c(Cc2bcc(C(C)C)cc2)cc1.[Y]. The van der Waals surface area contributed by atoms with Crippen LogP contribution in [0.2, 0.25) is 0 Å². The first-order chi connectivity index (χ1) is 8.56. The maximum absolute atomic E-state index is 3.39. The predicted octanol–water partition coefficient (Wildman–Crippen LogP) is 5.43. The van der Waals surface area contributed by atoms with E-state index in [-0.39, 0.29) is 47.6 Å². The normalized spacial score (nSPS) is 9.19. The summed E-state index contributed by atoms with van der Waals surface area (Å²) in [5.41, 5.74) is 6.64. The molecular formula is C19H28BY-. The molecule has 0 aliphatic carbocycles. The van der Waals surface area contributed by atoms with Gasteiger partial charge in [0.05, 0.1) is 0 Å². The van der Waals surface area contributed by atoms with Crippen LogP contribution >= 0.6 is 0 Å². The molecule has 2 aromatic rings. The van der Waals surface area contributed by atoms with E-state index in [0.29, 0.717) is 5.92 Å². The molecule has 1 aromatic carbocycles. The Morgan fingerprint density at radius 2 is 1.71 bits per heavy atom. The number of benzene rings is 1. The van der Waals surface area contributed by atoms with E-state index in [0.717, 1.165) is 6.42 Å². The second kappa shape index (κ2) is 10.5. The molecule has 1 aromatic heterocycles. The van der Waals surface area contributed by atoms with Crippen molar-refractivity contribution in [3.05, 3.63) is 64.0 Å². The third-order valence-electron chi connectivity index (χ3n) is 3.44. The molecule has 111 valence electrons. The quantitative estimate of drug-likeness (QED) is 0.644. The van der Waals surface area contributed by atoms with E-state index in [1.165, 1.54) is 27.7 Å². The fourth-order valence-electron chi connectivity index (χ4n) is 2.20. The van der Waals surface area contributed by atoms with E-state index in [4.69, 9.17) is 0 Å². The molecule has 1 heterocycles. The summed E-state index contributed by atoms with van der Waals surface area (Å²) < 4.78 is 0. The van der Waals surface area contributed by atoms with Crippen molar-refractivity contribution in [2.45, 2.75) is 54.9 Å². The first kappa shape index (κ1) is 23.0. The molecule has 0 aliphatic rings. The topological polar surface area (TPSA) is 0 Å². The van der Waals surface area contributed by atoms with Crippen molar-refractivity contribution in [1.82, 2.24) is 0 Å². The third kappa shape index (κ3) is 6.57. The fraction of sp³-hybridized carbons (Fsp3) is 0.421. The van der Waals surface area contributed by atoms with Crippen LogP contribution < -0.4 is 0 Å². The van der Waals surface area contributed by atoms with E-state index in [1.807, 2.05) is 0 Å². The fourth-order valence-corrected chi connectivity index (χ4v) is 2.20. The first-order valence-electron chi connectivity index (χ1n) is 6.63. The van der Waals surface area contributed by atoms with E-state index in [2.05, 4.69) is 70.9 Å². The zero-order valence-electron chi connectivity index (χ0n) is 12.3. The molecule has 2 rings (SSSR count). The van der Waals surface area contributed by atoms with Crippen LogP contribution in [0.4, 0.5) is 0 Å². The van der Waals surface area contributed by atoms with Gasteiger partial charge < -0.3 is 0 Å². The molecule has 0 saturated carbocycles. The zero-order chi connectivity index (χ0) is 13.1. The van der Waals surface area contributed by atoms with Gasteiger partial charge in [0.1, 0.15) is 0 Å². The van der Waals surface area contributed by atoms with Crippen LogP contribution in [0.15, 0.2) is 30.2 Å². The van der Waals surface area contributed by atoms with Crippen molar-refractivity contribution in [3.8, 4) is 0 Å². The Morgan fingerprint density at radius 1 is 1.05 bits per heavy atom. The first-order valence-corrected chi connectivity index (χ1v) is 6.63. The van der Waals surface area contributed by atoms with Gasteiger partial charge in [-0.15, -0.1) is 0 Å². The second-order valence-corrected chi connectivity index (χ2v) is 5.36. The summed E-state index contributed by atoms with van der Waals surface area (Å²) in [6, 6.07) is 12.2. The van der Waals surface area contributed by atoms with Crippen molar-refractivity contribution in [2.75, 3.05) is 0 Å². The van der Waals surface area contributed by atoms with Crippen molar-refractivity contribution in [1.29, 1.82) is 0 Å². The van der Waals surface area contributed by atoms with E-state index in [9.17, 15) is 0 Å². The maximum Gasteiger partial charge on any atom is 0 e. The van der Waals surface area contributed by atoms with Gasteiger partial charge in [-0.1, -0.05) is 14.9 Å². The van der Waals surface area contributed by atoms with Crippen LogP contribution in [0.5, 0.6) is 0 Å². The summed E-state index contributed by atoms with van der Waals surface area (Å²) in [4.78, 5) is 0. The standard InChI is InChI=1S/C17H20B.2CH4.Y/c1-12(2)16-7-8-17(18-11-16)10-15-6-5-13(3)9-14(15)4;;;/h5-8,11-12H,10H2,1-4H3;2*1H4;/q-1;;;. The van der Waals surface area contributed by atoms with Gasteiger partial charge in [-0.25, -0.2) is 0 Å². The molecule has 0 aliphatic heterocycles. The number of aryl methyl sites for hydroxylation is 2. The van der Waals surface area contributed by atoms with Crippen LogP contribution in [-0.2, 0) is 39.1 Å². The Labute approximate surface area is 157 Å². The largest absolute Gasteiger partial charge is 0 e. The third-order valence-corrected chi connectivity index (χ3v) is 3.44.